The fourth-order valence-electron chi connectivity index (χ4n) is 2.40. The van der Waals surface area contributed by atoms with Crippen molar-refractivity contribution >= 4 is 5.91 Å². The summed E-state index contributed by atoms with van der Waals surface area (Å²) >= 11 is 0. The average Bonchev–Trinajstić information content (AvgIpc) is 2.46. The summed E-state index contributed by atoms with van der Waals surface area (Å²) in [5.41, 5.74) is 1.09. The van der Waals surface area contributed by atoms with Crippen LogP contribution in [0.4, 0.5) is 0 Å². The Morgan fingerprint density at radius 1 is 1.42 bits per heavy atom. The zero-order valence-electron chi connectivity index (χ0n) is 11.6. The van der Waals surface area contributed by atoms with Gasteiger partial charge in [0.1, 0.15) is 0 Å². The number of carbonyl (C=O) groups is 1. The predicted molar refractivity (Wildman–Crippen MR) is 73.5 cm³/mol. The zero-order valence-corrected chi connectivity index (χ0v) is 11.6. The maximum atomic E-state index is 12.0. The lowest BCUT2D eigenvalue weighted by Crippen LogP contribution is -2.38. The Balaban J connectivity index is 2.15. The van der Waals surface area contributed by atoms with Gasteiger partial charge in [0, 0.05) is 31.5 Å². The van der Waals surface area contributed by atoms with E-state index in [4.69, 9.17) is 4.74 Å². The molecule has 1 fully saturated rings. The van der Waals surface area contributed by atoms with Gasteiger partial charge in [-0.05, 0) is 30.4 Å². The molecule has 1 aliphatic heterocycles. The lowest BCUT2D eigenvalue weighted by molar-refractivity contribution is -0.125. The number of nitrogens with one attached hydrogen (secondary N) is 1. The number of rotatable bonds is 4. The first-order valence-corrected chi connectivity index (χ1v) is 6.96. The molecule has 4 heteroatoms. The smallest absolute Gasteiger partial charge is 0.223 e. The van der Waals surface area contributed by atoms with Crippen molar-refractivity contribution in [3.8, 4) is 0 Å². The lowest BCUT2D eigenvalue weighted by atomic mass is 9.87. The third-order valence-electron chi connectivity index (χ3n) is 3.60. The van der Waals surface area contributed by atoms with Gasteiger partial charge in [0.15, 0.2) is 0 Å². The Morgan fingerprint density at radius 3 is 2.74 bits per heavy atom. The van der Waals surface area contributed by atoms with E-state index in [0.717, 1.165) is 31.6 Å². The molecule has 2 rings (SSSR count). The van der Waals surface area contributed by atoms with Crippen LogP contribution in [-0.4, -0.2) is 24.1 Å². The first kappa shape index (κ1) is 14.0. The Kier molecular flexibility index (Phi) is 4.91. The standard InChI is InChI=1S/C15H22N2O2/c1-11(2)15(18)17-14(12-5-8-19-9-6-12)13-4-3-7-16-10-13/h3-4,7,10-12,14H,5-6,8-9H2,1-2H3,(H,17,18). The highest BCUT2D eigenvalue weighted by atomic mass is 16.5. The second-order valence-corrected chi connectivity index (χ2v) is 5.38. The molecule has 4 nitrogen and oxygen atoms in total. The number of carbonyl (C=O) groups excluding carboxylic acids is 1. The number of ether oxygens (including phenoxy) is 1. The predicted octanol–water partition coefficient (Wildman–Crippen LogP) is 2.32. The van der Waals surface area contributed by atoms with Crippen LogP contribution < -0.4 is 5.32 Å². The summed E-state index contributed by atoms with van der Waals surface area (Å²) in [6.07, 6.45) is 5.57. The highest BCUT2D eigenvalue weighted by Gasteiger charge is 2.27. The van der Waals surface area contributed by atoms with Crippen molar-refractivity contribution in [3.63, 3.8) is 0 Å². The Labute approximate surface area is 114 Å². The fraction of sp³-hybridized carbons (Fsp3) is 0.600. The van der Waals surface area contributed by atoms with Crippen molar-refractivity contribution in [2.45, 2.75) is 32.7 Å². The minimum absolute atomic E-state index is 0.000915. The van der Waals surface area contributed by atoms with Gasteiger partial charge in [0.05, 0.1) is 6.04 Å². The van der Waals surface area contributed by atoms with Crippen LogP contribution in [-0.2, 0) is 9.53 Å². The molecule has 1 unspecified atom stereocenters. The summed E-state index contributed by atoms with van der Waals surface area (Å²) in [4.78, 5) is 16.2. The van der Waals surface area contributed by atoms with E-state index in [1.165, 1.54) is 0 Å². The first-order valence-electron chi connectivity index (χ1n) is 6.96. The monoisotopic (exact) mass is 262 g/mol. The van der Waals surface area contributed by atoms with E-state index >= 15 is 0 Å². The fourth-order valence-corrected chi connectivity index (χ4v) is 2.40. The van der Waals surface area contributed by atoms with Gasteiger partial charge in [-0.2, -0.15) is 0 Å². The number of amides is 1. The van der Waals surface area contributed by atoms with Crippen LogP contribution in [0.15, 0.2) is 24.5 Å². The van der Waals surface area contributed by atoms with Crippen molar-refractivity contribution in [3.05, 3.63) is 30.1 Å². The van der Waals surface area contributed by atoms with E-state index in [-0.39, 0.29) is 17.9 Å². The Hall–Kier alpha value is -1.42. The molecule has 1 saturated heterocycles. The van der Waals surface area contributed by atoms with Crippen LogP contribution >= 0.6 is 0 Å². The minimum atomic E-state index is -0.000915. The van der Waals surface area contributed by atoms with Crippen LogP contribution in [0.1, 0.15) is 38.3 Å². The van der Waals surface area contributed by atoms with E-state index in [1.807, 2.05) is 32.2 Å². The summed E-state index contributed by atoms with van der Waals surface area (Å²) in [5, 5.41) is 3.17. The highest BCUT2D eigenvalue weighted by Crippen LogP contribution is 2.29. The van der Waals surface area contributed by atoms with Crippen molar-refractivity contribution in [2.24, 2.45) is 11.8 Å². The molecule has 19 heavy (non-hydrogen) atoms. The number of nitrogens with zero attached hydrogens (tertiary/aromatic N) is 1. The number of aromatic nitrogens is 1. The van der Waals surface area contributed by atoms with E-state index in [0.29, 0.717) is 5.92 Å². The average molecular weight is 262 g/mol. The summed E-state index contributed by atoms with van der Waals surface area (Å²) in [6.45, 7) is 5.39. The van der Waals surface area contributed by atoms with Crippen LogP contribution in [0, 0.1) is 11.8 Å². The van der Waals surface area contributed by atoms with Crippen molar-refractivity contribution in [1.82, 2.24) is 10.3 Å². The molecule has 0 aliphatic carbocycles. The SMILES string of the molecule is CC(C)C(=O)NC(c1cccnc1)C1CCOCC1. The van der Waals surface area contributed by atoms with Crippen LogP contribution in [0.25, 0.3) is 0 Å². The summed E-state index contributed by atoms with van der Waals surface area (Å²) in [5.74, 6) is 0.528. The molecule has 1 aliphatic rings. The molecule has 1 N–H and O–H groups in total. The molecule has 2 heterocycles. The molecule has 1 aromatic rings. The van der Waals surface area contributed by atoms with Gasteiger partial charge in [-0.3, -0.25) is 9.78 Å². The molecule has 0 spiro atoms. The van der Waals surface area contributed by atoms with E-state index in [9.17, 15) is 4.79 Å². The topological polar surface area (TPSA) is 51.2 Å². The van der Waals surface area contributed by atoms with Gasteiger partial charge in [-0.1, -0.05) is 19.9 Å². The lowest BCUT2D eigenvalue weighted by Gasteiger charge is -2.31. The number of pyridine rings is 1. The highest BCUT2D eigenvalue weighted by molar-refractivity contribution is 5.78. The van der Waals surface area contributed by atoms with Crippen LogP contribution in [0.2, 0.25) is 0 Å². The van der Waals surface area contributed by atoms with E-state index in [2.05, 4.69) is 10.3 Å². The maximum absolute atomic E-state index is 12.0. The van der Waals surface area contributed by atoms with Gasteiger partial charge in [0.25, 0.3) is 0 Å². The van der Waals surface area contributed by atoms with Crippen molar-refractivity contribution < 1.29 is 9.53 Å². The van der Waals surface area contributed by atoms with Crippen LogP contribution in [0.5, 0.6) is 0 Å². The third-order valence-corrected chi connectivity index (χ3v) is 3.60. The first-order chi connectivity index (χ1) is 9.18. The molecule has 0 bridgehead atoms. The molecular weight excluding hydrogens is 240 g/mol. The van der Waals surface area contributed by atoms with Gasteiger partial charge in [-0.25, -0.2) is 0 Å². The molecule has 0 radical (unpaired) electrons. The zero-order chi connectivity index (χ0) is 13.7. The third kappa shape index (κ3) is 3.77. The van der Waals surface area contributed by atoms with Gasteiger partial charge in [0.2, 0.25) is 5.91 Å². The summed E-state index contributed by atoms with van der Waals surface area (Å²) in [6, 6.07) is 4.00. The maximum Gasteiger partial charge on any atom is 0.223 e. The summed E-state index contributed by atoms with van der Waals surface area (Å²) in [7, 11) is 0. The minimum Gasteiger partial charge on any atom is -0.381 e. The van der Waals surface area contributed by atoms with E-state index in [1.54, 1.807) is 6.20 Å². The molecule has 1 amide bonds. The van der Waals surface area contributed by atoms with Gasteiger partial charge < -0.3 is 10.1 Å². The summed E-state index contributed by atoms with van der Waals surface area (Å²) < 4.78 is 5.41. The van der Waals surface area contributed by atoms with Gasteiger partial charge >= 0.3 is 0 Å². The van der Waals surface area contributed by atoms with E-state index < -0.39 is 0 Å². The van der Waals surface area contributed by atoms with Gasteiger partial charge in [-0.15, -0.1) is 0 Å². The number of hydrogen-bond acceptors (Lipinski definition) is 3. The largest absolute Gasteiger partial charge is 0.381 e. The molecule has 1 aromatic heterocycles. The van der Waals surface area contributed by atoms with Crippen LogP contribution in [0.3, 0.4) is 0 Å². The molecule has 104 valence electrons. The molecule has 0 saturated carbocycles. The number of hydrogen-bond donors (Lipinski definition) is 1. The second-order valence-electron chi connectivity index (χ2n) is 5.38. The van der Waals surface area contributed by atoms with Crippen molar-refractivity contribution in [1.29, 1.82) is 0 Å². The normalized spacial score (nSPS) is 18.3. The molecular formula is C15H22N2O2. The Bertz CT molecular complexity index is 400. The quantitative estimate of drug-likeness (QED) is 0.906. The second kappa shape index (κ2) is 6.66. The molecule has 1 atom stereocenters. The Morgan fingerprint density at radius 2 is 2.16 bits per heavy atom. The van der Waals surface area contributed by atoms with Crippen molar-refractivity contribution in [2.75, 3.05) is 13.2 Å². The molecule has 0 aromatic carbocycles.